The highest BCUT2D eigenvalue weighted by molar-refractivity contribution is 5.79. The van der Waals surface area contributed by atoms with Gasteiger partial charge in [-0.05, 0) is 6.92 Å². The average molecular weight is 307 g/mol. The lowest BCUT2D eigenvalue weighted by molar-refractivity contribution is -0.123. The molecule has 0 aromatic carbocycles. The smallest absolute Gasteiger partial charge is 0.252 e. The predicted octanol–water partition coefficient (Wildman–Crippen LogP) is 0.802. The van der Waals surface area contributed by atoms with E-state index in [0.717, 1.165) is 5.82 Å². The Kier molecular flexibility index (Phi) is 5.26. The molecule has 0 saturated heterocycles. The van der Waals surface area contributed by atoms with Crippen LogP contribution in [0.15, 0.2) is 16.9 Å². The number of aromatic nitrogens is 4. The SMILES string of the molecule is CC(C)c1nccn1[C@@H](C)C(=O)NCCc1noc(CO)n1. The van der Waals surface area contributed by atoms with Crippen molar-refractivity contribution in [2.45, 2.75) is 45.8 Å². The summed E-state index contributed by atoms with van der Waals surface area (Å²) in [5.41, 5.74) is 0. The number of hydrogen-bond acceptors (Lipinski definition) is 6. The second-order valence-corrected chi connectivity index (χ2v) is 5.33. The number of aliphatic hydroxyl groups excluding tert-OH is 1. The number of imidazole rings is 1. The van der Waals surface area contributed by atoms with E-state index in [4.69, 9.17) is 9.63 Å². The van der Waals surface area contributed by atoms with E-state index in [2.05, 4.69) is 20.4 Å². The van der Waals surface area contributed by atoms with Crippen molar-refractivity contribution in [2.24, 2.45) is 0 Å². The van der Waals surface area contributed by atoms with Gasteiger partial charge in [-0.15, -0.1) is 0 Å². The Bertz CT molecular complexity index is 620. The Morgan fingerprint density at radius 2 is 2.23 bits per heavy atom. The van der Waals surface area contributed by atoms with E-state index in [9.17, 15) is 4.79 Å². The predicted molar refractivity (Wildman–Crippen MR) is 78.0 cm³/mol. The number of carbonyl (C=O) groups is 1. The van der Waals surface area contributed by atoms with E-state index >= 15 is 0 Å². The summed E-state index contributed by atoms with van der Waals surface area (Å²) in [7, 11) is 0. The average Bonchev–Trinajstić information content (AvgIpc) is 3.15. The molecule has 22 heavy (non-hydrogen) atoms. The molecule has 2 aromatic heterocycles. The van der Waals surface area contributed by atoms with Crippen LogP contribution in [-0.2, 0) is 17.8 Å². The topological polar surface area (TPSA) is 106 Å². The molecule has 2 aromatic rings. The number of nitrogens with zero attached hydrogens (tertiary/aromatic N) is 4. The molecule has 2 rings (SSSR count). The molecular formula is C14H21N5O3. The van der Waals surface area contributed by atoms with Crippen LogP contribution >= 0.6 is 0 Å². The lowest BCUT2D eigenvalue weighted by Gasteiger charge is -2.17. The first kappa shape index (κ1) is 16.2. The maximum atomic E-state index is 12.2. The molecule has 0 aliphatic carbocycles. The zero-order chi connectivity index (χ0) is 16.1. The molecule has 1 amide bonds. The number of amides is 1. The third-order valence-corrected chi connectivity index (χ3v) is 3.30. The molecule has 2 N–H and O–H groups in total. The van der Waals surface area contributed by atoms with Gasteiger partial charge < -0.3 is 19.5 Å². The first-order valence-electron chi connectivity index (χ1n) is 7.25. The summed E-state index contributed by atoms with van der Waals surface area (Å²) in [6.07, 6.45) is 3.96. The van der Waals surface area contributed by atoms with Gasteiger partial charge in [0.1, 0.15) is 18.5 Å². The highest BCUT2D eigenvalue weighted by atomic mass is 16.5. The fourth-order valence-electron chi connectivity index (χ4n) is 2.13. The third kappa shape index (κ3) is 3.70. The summed E-state index contributed by atoms with van der Waals surface area (Å²) in [5, 5.41) is 15.4. The Morgan fingerprint density at radius 1 is 1.45 bits per heavy atom. The van der Waals surface area contributed by atoms with Crippen LogP contribution in [0, 0.1) is 0 Å². The van der Waals surface area contributed by atoms with Gasteiger partial charge in [-0.2, -0.15) is 4.98 Å². The standard InChI is InChI=1S/C14H21N5O3/c1-9(2)13-15-6-7-19(13)10(3)14(21)16-5-4-11-17-12(8-20)22-18-11/h6-7,9-10,20H,4-5,8H2,1-3H3,(H,16,21)/t10-/m0/s1. The Labute approximate surface area is 128 Å². The van der Waals surface area contributed by atoms with Gasteiger partial charge in [0.25, 0.3) is 5.89 Å². The largest absolute Gasteiger partial charge is 0.387 e. The van der Waals surface area contributed by atoms with Crippen LogP contribution in [0.4, 0.5) is 0 Å². The lowest BCUT2D eigenvalue weighted by Crippen LogP contribution is -2.33. The van der Waals surface area contributed by atoms with E-state index in [1.165, 1.54) is 0 Å². The van der Waals surface area contributed by atoms with Crippen LogP contribution in [0.3, 0.4) is 0 Å². The maximum absolute atomic E-state index is 12.2. The highest BCUT2D eigenvalue weighted by Gasteiger charge is 2.19. The fraction of sp³-hybridized carbons (Fsp3) is 0.571. The Morgan fingerprint density at radius 3 is 2.86 bits per heavy atom. The minimum atomic E-state index is -0.335. The number of carbonyl (C=O) groups excluding carboxylic acids is 1. The number of aliphatic hydroxyl groups is 1. The van der Waals surface area contributed by atoms with Crippen molar-refractivity contribution in [1.29, 1.82) is 0 Å². The summed E-state index contributed by atoms with van der Waals surface area (Å²) in [6, 6.07) is -0.335. The van der Waals surface area contributed by atoms with Gasteiger partial charge in [-0.3, -0.25) is 4.79 Å². The van der Waals surface area contributed by atoms with Gasteiger partial charge in [0.15, 0.2) is 5.82 Å². The molecule has 0 aliphatic heterocycles. The van der Waals surface area contributed by atoms with Crippen molar-refractivity contribution >= 4 is 5.91 Å². The van der Waals surface area contributed by atoms with Crippen LogP contribution in [0.5, 0.6) is 0 Å². The fourth-order valence-corrected chi connectivity index (χ4v) is 2.13. The van der Waals surface area contributed by atoms with Gasteiger partial charge in [0.2, 0.25) is 5.91 Å². The molecule has 2 heterocycles. The summed E-state index contributed by atoms with van der Waals surface area (Å²) in [6.45, 7) is 6.03. The molecule has 0 fully saturated rings. The third-order valence-electron chi connectivity index (χ3n) is 3.30. The van der Waals surface area contributed by atoms with Crippen molar-refractivity contribution in [3.8, 4) is 0 Å². The van der Waals surface area contributed by atoms with Crippen LogP contribution in [0.1, 0.15) is 50.3 Å². The monoisotopic (exact) mass is 307 g/mol. The molecule has 8 nitrogen and oxygen atoms in total. The normalized spacial score (nSPS) is 12.6. The molecule has 0 bridgehead atoms. The second kappa shape index (κ2) is 7.17. The zero-order valence-corrected chi connectivity index (χ0v) is 13.0. The molecule has 0 spiro atoms. The molecule has 1 atom stereocenters. The molecule has 120 valence electrons. The van der Waals surface area contributed by atoms with Crippen LogP contribution in [-0.4, -0.2) is 37.3 Å². The molecule has 0 unspecified atom stereocenters. The van der Waals surface area contributed by atoms with Gasteiger partial charge in [0, 0.05) is 31.3 Å². The van der Waals surface area contributed by atoms with Crippen LogP contribution in [0.25, 0.3) is 0 Å². The zero-order valence-electron chi connectivity index (χ0n) is 13.0. The van der Waals surface area contributed by atoms with Crippen LogP contribution in [0.2, 0.25) is 0 Å². The summed E-state index contributed by atoms with van der Waals surface area (Å²) in [4.78, 5) is 20.5. The van der Waals surface area contributed by atoms with E-state index < -0.39 is 0 Å². The Balaban J connectivity index is 1.87. The van der Waals surface area contributed by atoms with E-state index in [0.29, 0.717) is 18.8 Å². The first-order valence-corrected chi connectivity index (χ1v) is 7.25. The Hall–Kier alpha value is -2.22. The minimum Gasteiger partial charge on any atom is -0.387 e. The van der Waals surface area contributed by atoms with Crippen molar-refractivity contribution < 1.29 is 14.4 Å². The van der Waals surface area contributed by atoms with Crippen LogP contribution < -0.4 is 5.32 Å². The minimum absolute atomic E-state index is 0.0919. The van der Waals surface area contributed by atoms with Crippen molar-refractivity contribution in [3.05, 3.63) is 29.9 Å². The second-order valence-electron chi connectivity index (χ2n) is 5.33. The molecule has 8 heteroatoms. The summed E-state index contributed by atoms with van der Waals surface area (Å²) < 4.78 is 6.66. The summed E-state index contributed by atoms with van der Waals surface area (Å²) in [5.74, 6) is 1.68. The number of hydrogen-bond donors (Lipinski definition) is 2. The van der Waals surface area contributed by atoms with Crippen molar-refractivity contribution in [1.82, 2.24) is 25.0 Å². The molecule has 0 saturated carbocycles. The summed E-state index contributed by atoms with van der Waals surface area (Å²) >= 11 is 0. The molecule has 0 radical (unpaired) electrons. The number of rotatable bonds is 7. The molecule has 0 aliphatic rings. The van der Waals surface area contributed by atoms with E-state index in [1.807, 2.05) is 31.5 Å². The van der Waals surface area contributed by atoms with Crippen molar-refractivity contribution in [3.63, 3.8) is 0 Å². The van der Waals surface area contributed by atoms with Crippen molar-refractivity contribution in [2.75, 3.05) is 6.54 Å². The van der Waals surface area contributed by atoms with Gasteiger partial charge in [0.05, 0.1) is 0 Å². The molecular weight excluding hydrogens is 286 g/mol. The maximum Gasteiger partial charge on any atom is 0.252 e. The van der Waals surface area contributed by atoms with Gasteiger partial charge in [-0.25, -0.2) is 4.98 Å². The van der Waals surface area contributed by atoms with E-state index in [-0.39, 0.29) is 30.4 Å². The number of nitrogens with one attached hydrogen (secondary N) is 1. The van der Waals surface area contributed by atoms with Gasteiger partial charge in [-0.1, -0.05) is 19.0 Å². The highest BCUT2D eigenvalue weighted by Crippen LogP contribution is 2.17. The van der Waals surface area contributed by atoms with E-state index in [1.54, 1.807) is 6.20 Å². The first-order chi connectivity index (χ1) is 10.5. The quantitative estimate of drug-likeness (QED) is 0.783. The van der Waals surface area contributed by atoms with Gasteiger partial charge >= 0.3 is 0 Å². The lowest BCUT2D eigenvalue weighted by atomic mass is 10.2.